The van der Waals surface area contributed by atoms with Gasteiger partial charge < -0.3 is 19.1 Å². The van der Waals surface area contributed by atoms with Gasteiger partial charge in [0.05, 0.1) is 6.10 Å². The number of aromatic nitrogens is 2. The average molecular weight is 487 g/mol. The number of H-pyrrole nitrogens is 1. The van der Waals surface area contributed by atoms with Gasteiger partial charge in [0.1, 0.15) is 31.1 Å². The van der Waals surface area contributed by atoms with E-state index in [0.29, 0.717) is 17.3 Å². The summed E-state index contributed by atoms with van der Waals surface area (Å²) in [5, 5.41) is 0. The fourth-order valence-corrected chi connectivity index (χ4v) is 4.37. The molecule has 0 bridgehead atoms. The number of ether oxygens (including phenoxy) is 3. The number of alkyl halides is 3. The number of carbonyl (C=O) groups is 1. The van der Waals surface area contributed by atoms with Crippen LogP contribution in [-0.2, 0) is 20.4 Å². The minimum Gasteiger partial charge on any atom is -0.447 e. The summed E-state index contributed by atoms with van der Waals surface area (Å²) in [7, 11) is 0. The molecule has 0 unspecified atom stereocenters. The topological polar surface area (TPSA) is 103 Å². The smallest absolute Gasteiger partial charge is 0.423 e. The standard InChI is InChI=1S/C22H28F3N3O6/c1-3-9-27(14-7-5-6-8-14)21(31)33-13-17-16(32-10-4-2)11-18(34-17)28-12-15(22(23,24)25)19(29)26-20(28)30/h2,12,14,16-18H,3,5-11,13H2,1H3,(H,26,29,30)/t16-,17+,18+/m0/s1. The normalized spacial score (nSPS) is 23.1. The Hall–Kier alpha value is -2.78. The number of carbonyl (C=O) groups excluding carboxylic acids is 1. The molecule has 2 fully saturated rings. The summed E-state index contributed by atoms with van der Waals surface area (Å²) in [6, 6.07) is 0.110. The first-order valence-electron chi connectivity index (χ1n) is 11.2. The molecule has 3 atom stereocenters. The van der Waals surface area contributed by atoms with Crippen LogP contribution in [-0.4, -0.2) is 58.6 Å². The molecule has 3 rings (SSSR count). The Labute approximate surface area is 194 Å². The van der Waals surface area contributed by atoms with Gasteiger partial charge in [-0.1, -0.05) is 25.7 Å². The van der Waals surface area contributed by atoms with E-state index >= 15 is 0 Å². The molecule has 34 heavy (non-hydrogen) atoms. The van der Waals surface area contributed by atoms with Crippen molar-refractivity contribution in [3.8, 4) is 12.3 Å². The van der Waals surface area contributed by atoms with Crippen LogP contribution in [0.5, 0.6) is 0 Å². The molecule has 1 aliphatic heterocycles. The highest BCUT2D eigenvalue weighted by Gasteiger charge is 2.41. The van der Waals surface area contributed by atoms with Crippen LogP contribution in [0.15, 0.2) is 15.8 Å². The minimum atomic E-state index is -4.96. The lowest BCUT2D eigenvalue weighted by Gasteiger charge is -2.28. The number of aromatic amines is 1. The first-order valence-corrected chi connectivity index (χ1v) is 11.2. The summed E-state index contributed by atoms with van der Waals surface area (Å²) >= 11 is 0. The molecule has 2 aliphatic rings. The number of nitrogens with zero attached hydrogens (tertiary/aromatic N) is 2. The van der Waals surface area contributed by atoms with Crippen LogP contribution >= 0.6 is 0 Å². The van der Waals surface area contributed by atoms with Crippen molar-refractivity contribution in [3.05, 3.63) is 32.6 Å². The molecule has 2 heterocycles. The summed E-state index contributed by atoms with van der Waals surface area (Å²) in [4.78, 5) is 39.9. The van der Waals surface area contributed by atoms with Gasteiger partial charge in [0.2, 0.25) is 0 Å². The van der Waals surface area contributed by atoms with E-state index in [-0.39, 0.29) is 25.7 Å². The molecule has 1 aromatic heterocycles. The fraction of sp³-hybridized carbons (Fsp3) is 0.682. The van der Waals surface area contributed by atoms with E-state index in [4.69, 9.17) is 20.6 Å². The lowest BCUT2D eigenvalue weighted by Crippen LogP contribution is -2.41. The van der Waals surface area contributed by atoms with Gasteiger partial charge in [0.25, 0.3) is 5.56 Å². The molecule has 0 radical (unpaired) electrons. The lowest BCUT2D eigenvalue weighted by atomic mass is 10.2. The number of terminal acetylenes is 1. The van der Waals surface area contributed by atoms with Gasteiger partial charge in [-0.15, -0.1) is 6.42 Å². The van der Waals surface area contributed by atoms with Crippen LogP contribution in [0.1, 0.15) is 57.2 Å². The molecule has 0 aromatic carbocycles. The largest absolute Gasteiger partial charge is 0.447 e. The number of amides is 1. The molecule has 188 valence electrons. The molecule has 1 amide bonds. The molecule has 9 nitrogen and oxygen atoms in total. The van der Waals surface area contributed by atoms with Gasteiger partial charge in [-0.2, -0.15) is 13.2 Å². The first kappa shape index (κ1) is 25.8. The average Bonchev–Trinajstić information content (AvgIpc) is 3.43. The van der Waals surface area contributed by atoms with Crippen molar-refractivity contribution >= 4 is 6.09 Å². The molecule has 0 spiro atoms. The van der Waals surface area contributed by atoms with E-state index in [1.54, 1.807) is 9.88 Å². The van der Waals surface area contributed by atoms with Gasteiger partial charge >= 0.3 is 18.0 Å². The van der Waals surface area contributed by atoms with Crippen molar-refractivity contribution in [2.75, 3.05) is 19.8 Å². The maximum absolute atomic E-state index is 13.2. The molecular formula is C22H28F3N3O6. The molecular weight excluding hydrogens is 459 g/mol. The Morgan fingerprint density at radius 2 is 2.06 bits per heavy atom. The number of hydrogen-bond donors (Lipinski definition) is 1. The predicted molar refractivity (Wildman–Crippen MR) is 114 cm³/mol. The van der Waals surface area contributed by atoms with Gasteiger partial charge in [-0.25, -0.2) is 9.59 Å². The highest BCUT2D eigenvalue weighted by Crippen LogP contribution is 2.32. The highest BCUT2D eigenvalue weighted by molar-refractivity contribution is 5.68. The summed E-state index contributed by atoms with van der Waals surface area (Å²) in [5.74, 6) is 2.30. The van der Waals surface area contributed by atoms with Crippen molar-refractivity contribution in [2.24, 2.45) is 0 Å². The highest BCUT2D eigenvalue weighted by atomic mass is 19.4. The second-order valence-electron chi connectivity index (χ2n) is 8.33. The zero-order valence-corrected chi connectivity index (χ0v) is 18.8. The van der Waals surface area contributed by atoms with E-state index in [1.807, 2.05) is 6.92 Å². The molecule has 12 heteroatoms. The Morgan fingerprint density at radius 1 is 1.35 bits per heavy atom. The van der Waals surface area contributed by atoms with Crippen LogP contribution in [0.4, 0.5) is 18.0 Å². The van der Waals surface area contributed by atoms with Crippen LogP contribution in [0.2, 0.25) is 0 Å². The van der Waals surface area contributed by atoms with Gasteiger partial charge in [-0.3, -0.25) is 14.3 Å². The maximum Gasteiger partial charge on any atom is 0.423 e. The van der Waals surface area contributed by atoms with Crippen molar-refractivity contribution in [2.45, 2.75) is 76.1 Å². The van der Waals surface area contributed by atoms with Gasteiger partial charge in [0.15, 0.2) is 0 Å². The van der Waals surface area contributed by atoms with E-state index in [0.717, 1.165) is 32.1 Å². The first-order chi connectivity index (χ1) is 16.2. The number of halogens is 3. The minimum absolute atomic E-state index is 0.0333. The van der Waals surface area contributed by atoms with Crippen molar-refractivity contribution in [1.29, 1.82) is 0 Å². The third-order valence-corrected chi connectivity index (χ3v) is 5.98. The summed E-state index contributed by atoms with van der Waals surface area (Å²) in [5.41, 5.74) is -4.13. The molecule has 1 saturated carbocycles. The second-order valence-corrected chi connectivity index (χ2v) is 8.33. The Bertz CT molecular complexity index is 1010. The van der Waals surface area contributed by atoms with Crippen LogP contribution in [0.25, 0.3) is 0 Å². The van der Waals surface area contributed by atoms with E-state index in [2.05, 4.69) is 5.92 Å². The van der Waals surface area contributed by atoms with Gasteiger partial charge in [0, 0.05) is 25.2 Å². The SMILES string of the molecule is C#CCO[C@H]1C[C@H](n2cc(C(F)(F)F)c(=O)[nH]c2=O)O[C@@H]1COC(=O)N(CCC)C1CCCC1. The van der Waals surface area contributed by atoms with E-state index in [1.165, 1.54) is 0 Å². The van der Waals surface area contributed by atoms with E-state index in [9.17, 15) is 27.6 Å². The number of rotatable bonds is 8. The summed E-state index contributed by atoms with van der Waals surface area (Å²) in [6.45, 7) is 2.16. The summed E-state index contributed by atoms with van der Waals surface area (Å²) < 4.78 is 56.9. The zero-order chi connectivity index (χ0) is 24.9. The number of hydrogen-bond acceptors (Lipinski definition) is 6. The maximum atomic E-state index is 13.2. The fourth-order valence-electron chi connectivity index (χ4n) is 4.37. The molecule has 1 aliphatic carbocycles. The number of nitrogens with one attached hydrogen (secondary N) is 1. The van der Waals surface area contributed by atoms with Crippen molar-refractivity contribution in [1.82, 2.24) is 14.5 Å². The Kier molecular flexibility index (Phi) is 8.43. The third kappa shape index (κ3) is 6.01. The van der Waals surface area contributed by atoms with Crippen molar-refractivity contribution < 1.29 is 32.2 Å². The predicted octanol–water partition coefficient (Wildman–Crippen LogP) is 2.65. The van der Waals surface area contributed by atoms with Crippen molar-refractivity contribution in [3.63, 3.8) is 0 Å². The Balaban J connectivity index is 1.75. The third-order valence-electron chi connectivity index (χ3n) is 5.98. The van der Waals surface area contributed by atoms with Crippen LogP contribution in [0.3, 0.4) is 0 Å². The molecule has 1 aromatic rings. The lowest BCUT2D eigenvalue weighted by molar-refractivity contribution is -0.139. The Morgan fingerprint density at radius 3 is 2.68 bits per heavy atom. The van der Waals surface area contributed by atoms with Crippen LogP contribution < -0.4 is 11.2 Å². The summed E-state index contributed by atoms with van der Waals surface area (Å²) in [6.07, 6.45) is 2.03. The van der Waals surface area contributed by atoms with E-state index < -0.39 is 47.5 Å². The molecule has 1 N–H and O–H groups in total. The van der Waals surface area contributed by atoms with Crippen LogP contribution in [0, 0.1) is 12.3 Å². The van der Waals surface area contributed by atoms with Gasteiger partial charge in [-0.05, 0) is 19.3 Å². The zero-order valence-electron chi connectivity index (χ0n) is 18.8. The quantitative estimate of drug-likeness (QED) is 0.566. The second kappa shape index (κ2) is 11.1. The monoisotopic (exact) mass is 487 g/mol. The molecule has 1 saturated heterocycles.